The van der Waals surface area contributed by atoms with Gasteiger partial charge in [-0.15, -0.1) is 0 Å². The van der Waals surface area contributed by atoms with Crippen LogP contribution in [0.1, 0.15) is 33.2 Å². The van der Waals surface area contributed by atoms with Gasteiger partial charge in [0.15, 0.2) is 5.65 Å². The van der Waals surface area contributed by atoms with E-state index in [9.17, 15) is 4.79 Å². The van der Waals surface area contributed by atoms with Crippen LogP contribution in [-0.4, -0.2) is 32.8 Å². The third kappa shape index (κ3) is 3.05. The van der Waals surface area contributed by atoms with Gasteiger partial charge in [0, 0.05) is 23.9 Å². The van der Waals surface area contributed by atoms with Gasteiger partial charge in [-0.3, -0.25) is 0 Å². The summed E-state index contributed by atoms with van der Waals surface area (Å²) >= 11 is 0. The number of aromatic nitrogens is 4. The number of carbonyl (C=O) groups excluding carboxylic acids is 1. The second-order valence-electron chi connectivity index (χ2n) is 6.70. The Morgan fingerprint density at radius 3 is 2.75 bits per heavy atom. The molecule has 0 fully saturated rings. The minimum absolute atomic E-state index is 0.351. The second-order valence-corrected chi connectivity index (χ2v) is 6.70. The first-order chi connectivity index (χ1) is 13.5. The van der Waals surface area contributed by atoms with E-state index >= 15 is 0 Å². The molecule has 0 aliphatic carbocycles. The van der Waals surface area contributed by atoms with E-state index in [2.05, 4.69) is 25.8 Å². The number of rotatable bonds is 4. The molecular weight excluding hydrogens is 356 g/mol. The SMILES string of the molecule is COC(=O)c1cccc(Cn2c(C)nc3ncc(-c4c(C)noc4C)cc32)c1. The molecule has 7 heteroatoms. The lowest BCUT2D eigenvalue weighted by Gasteiger charge is -2.09. The van der Waals surface area contributed by atoms with Crippen LogP contribution in [0.25, 0.3) is 22.3 Å². The van der Waals surface area contributed by atoms with Gasteiger partial charge in [-0.05, 0) is 44.5 Å². The van der Waals surface area contributed by atoms with Crippen LogP contribution in [-0.2, 0) is 11.3 Å². The van der Waals surface area contributed by atoms with Gasteiger partial charge in [0.05, 0.1) is 23.9 Å². The molecule has 0 spiro atoms. The van der Waals surface area contributed by atoms with Crippen LogP contribution >= 0.6 is 0 Å². The van der Waals surface area contributed by atoms with E-state index in [0.29, 0.717) is 17.8 Å². The Hall–Kier alpha value is -3.48. The minimum atomic E-state index is -0.351. The molecule has 0 aliphatic rings. The summed E-state index contributed by atoms with van der Waals surface area (Å²) in [5.74, 6) is 1.26. The van der Waals surface area contributed by atoms with Gasteiger partial charge in [-0.25, -0.2) is 14.8 Å². The number of pyridine rings is 1. The highest BCUT2D eigenvalue weighted by atomic mass is 16.5. The van der Waals surface area contributed by atoms with Crippen LogP contribution in [0.5, 0.6) is 0 Å². The monoisotopic (exact) mass is 376 g/mol. The maximum Gasteiger partial charge on any atom is 0.337 e. The zero-order chi connectivity index (χ0) is 19.8. The molecule has 3 aromatic heterocycles. The Labute approximate surface area is 162 Å². The molecule has 0 amide bonds. The van der Waals surface area contributed by atoms with E-state index in [-0.39, 0.29) is 5.97 Å². The highest BCUT2D eigenvalue weighted by molar-refractivity contribution is 5.89. The van der Waals surface area contributed by atoms with Crippen molar-refractivity contribution in [1.82, 2.24) is 19.7 Å². The number of benzene rings is 1. The zero-order valence-corrected chi connectivity index (χ0v) is 16.2. The van der Waals surface area contributed by atoms with Crippen molar-refractivity contribution in [3.8, 4) is 11.1 Å². The largest absolute Gasteiger partial charge is 0.465 e. The Bertz CT molecular complexity index is 1170. The maximum absolute atomic E-state index is 11.8. The molecular formula is C21H20N4O3. The highest BCUT2D eigenvalue weighted by Crippen LogP contribution is 2.29. The number of aryl methyl sites for hydroxylation is 3. The molecule has 0 aliphatic heterocycles. The van der Waals surface area contributed by atoms with E-state index in [0.717, 1.165) is 39.5 Å². The van der Waals surface area contributed by atoms with Crippen molar-refractivity contribution in [2.45, 2.75) is 27.3 Å². The van der Waals surface area contributed by atoms with Gasteiger partial charge in [0.25, 0.3) is 0 Å². The molecule has 0 N–H and O–H groups in total. The number of methoxy groups -OCH3 is 1. The first-order valence-electron chi connectivity index (χ1n) is 8.91. The number of hydrogen-bond acceptors (Lipinski definition) is 6. The zero-order valence-electron chi connectivity index (χ0n) is 16.2. The average molecular weight is 376 g/mol. The van der Waals surface area contributed by atoms with E-state index in [1.165, 1.54) is 7.11 Å². The van der Waals surface area contributed by atoms with Gasteiger partial charge in [0.1, 0.15) is 11.6 Å². The van der Waals surface area contributed by atoms with Gasteiger partial charge >= 0.3 is 5.97 Å². The van der Waals surface area contributed by atoms with Crippen LogP contribution in [0.2, 0.25) is 0 Å². The van der Waals surface area contributed by atoms with Gasteiger partial charge < -0.3 is 13.8 Å². The molecule has 7 nitrogen and oxygen atoms in total. The third-order valence-corrected chi connectivity index (χ3v) is 4.81. The summed E-state index contributed by atoms with van der Waals surface area (Å²) in [4.78, 5) is 20.9. The van der Waals surface area contributed by atoms with Crippen LogP contribution in [0.3, 0.4) is 0 Å². The van der Waals surface area contributed by atoms with Gasteiger partial charge in [-0.1, -0.05) is 17.3 Å². The number of ether oxygens (including phenoxy) is 1. The fourth-order valence-electron chi connectivity index (χ4n) is 3.45. The van der Waals surface area contributed by atoms with Crippen molar-refractivity contribution in [2.24, 2.45) is 0 Å². The lowest BCUT2D eigenvalue weighted by Crippen LogP contribution is -2.05. The fourth-order valence-corrected chi connectivity index (χ4v) is 3.45. The average Bonchev–Trinajstić information content (AvgIpc) is 3.19. The summed E-state index contributed by atoms with van der Waals surface area (Å²) < 4.78 is 12.2. The molecule has 0 saturated heterocycles. The van der Waals surface area contributed by atoms with Crippen molar-refractivity contribution in [2.75, 3.05) is 7.11 Å². The summed E-state index contributed by atoms with van der Waals surface area (Å²) in [5.41, 5.74) is 5.81. The van der Waals surface area contributed by atoms with E-state index in [1.54, 1.807) is 12.3 Å². The molecule has 4 aromatic rings. The van der Waals surface area contributed by atoms with Crippen LogP contribution < -0.4 is 0 Å². The smallest absolute Gasteiger partial charge is 0.337 e. The standard InChI is InChI=1S/C21H20N4O3/c1-12-19(13(2)28-24-12)17-9-18-20(22-10-17)23-14(3)25(18)11-15-6-5-7-16(8-15)21(26)27-4/h5-10H,11H2,1-4H3. The Morgan fingerprint density at radius 2 is 2.04 bits per heavy atom. The minimum Gasteiger partial charge on any atom is -0.465 e. The predicted octanol–water partition coefficient (Wildman–Crippen LogP) is 3.85. The summed E-state index contributed by atoms with van der Waals surface area (Å²) in [6, 6.07) is 9.46. The number of carbonyl (C=O) groups is 1. The fraction of sp³-hybridized carbons (Fsp3) is 0.238. The molecule has 0 radical (unpaired) electrons. The van der Waals surface area contributed by atoms with E-state index in [4.69, 9.17) is 9.26 Å². The molecule has 1 aromatic carbocycles. The summed E-state index contributed by atoms with van der Waals surface area (Å²) in [6.07, 6.45) is 1.80. The Balaban J connectivity index is 1.78. The lowest BCUT2D eigenvalue weighted by molar-refractivity contribution is 0.0600. The number of imidazole rings is 1. The Kier molecular flexibility index (Phi) is 4.43. The number of hydrogen-bond donors (Lipinski definition) is 0. The van der Waals surface area contributed by atoms with Gasteiger partial charge in [-0.2, -0.15) is 0 Å². The lowest BCUT2D eigenvalue weighted by atomic mass is 10.1. The summed E-state index contributed by atoms with van der Waals surface area (Å²) in [7, 11) is 1.38. The van der Waals surface area contributed by atoms with Crippen molar-refractivity contribution in [1.29, 1.82) is 0 Å². The molecule has 28 heavy (non-hydrogen) atoms. The van der Waals surface area contributed by atoms with Crippen molar-refractivity contribution >= 4 is 17.1 Å². The van der Waals surface area contributed by atoms with Crippen LogP contribution in [0, 0.1) is 20.8 Å². The predicted molar refractivity (Wildman–Crippen MR) is 104 cm³/mol. The molecule has 4 rings (SSSR count). The molecule has 0 atom stereocenters. The highest BCUT2D eigenvalue weighted by Gasteiger charge is 2.16. The molecule has 0 bridgehead atoms. The van der Waals surface area contributed by atoms with Crippen molar-refractivity contribution < 1.29 is 14.1 Å². The summed E-state index contributed by atoms with van der Waals surface area (Å²) in [6.45, 7) is 6.32. The number of fused-ring (bicyclic) bond motifs is 1. The maximum atomic E-state index is 11.8. The topological polar surface area (TPSA) is 83.0 Å². The first kappa shape index (κ1) is 17.9. The number of nitrogens with zero attached hydrogens (tertiary/aromatic N) is 4. The van der Waals surface area contributed by atoms with Gasteiger partial charge in [0.2, 0.25) is 0 Å². The quantitative estimate of drug-likeness (QED) is 0.503. The Morgan fingerprint density at radius 1 is 1.21 bits per heavy atom. The number of esters is 1. The first-order valence-corrected chi connectivity index (χ1v) is 8.91. The molecule has 0 unspecified atom stereocenters. The molecule has 3 heterocycles. The second kappa shape index (κ2) is 6.92. The van der Waals surface area contributed by atoms with Crippen molar-refractivity contribution in [3.05, 3.63) is 64.9 Å². The van der Waals surface area contributed by atoms with E-state index in [1.807, 2.05) is 39.0 Å². The summed E-state index contributed by atoms with van der Waals surface area (Å²) in [5, 5.41) is 4.03. The van der Waals surface area contributed by atoms with Crippen molar-refractivity contribution in [3.63, 3.8) is 0 Å². The van der Waals surface area contributed by atoms with Crippen LogP contribution in [0.4, 0.5) is 0 Å². The molecule has 0 saturated carbocycles. The third-order valence-electron chi connectivity index (χ3n) is 4.81. The normalized spacial score (nSPS) is 11.1. The molecule has 142 valence electrons. The van der Waals surface area contributed by atoms with E-state index < -0.39 is 0 Å². The van der Waals surface area contributed by atoms with Crippen LogP contribution in [0.15, 0.2) is 41.1 Å².